The summed E-state index contributed by atoms with van der Waals surface area (Å²) in [5.74, 6) is 0.448. The van der Waals surface area contributed by atoms with Crippen LogP contribution in [-0.2, 0) is 17.9 Å². The summed E-state index contributed by atoms with van der Waals surface area (Å²) in [6.07, 6.45) is 4.12. The van der Waals surface area contributed by atoms with E-state index in [0.717, 1.165) is 30.8 Å². The van der Waals surface area contributed by atoms with Crippen LogP contribution < -0.4 is 10.6 Å². The molecule has 0 aliphatic carbocycles. The van der Waals surface area contributed by atoms with Crippen molar-refractivity contribution in [2.24, 2.45) is 0 Å². The topological polar surface area (TPSA) is 59.0 Å². The molecule has 0 bridgehead atoms. The molecule has 25 heavy (non-hydrogen) atoms. The summed E-state index contributed by atoms with van der Waals surface area (Å²) in [7, 11) is 0. The highest BCUT2D eigenvalue weighted by molar-refractivity contribution is 7.17. The zero-order valence-electron chi connectivity index (χ0n) is 14.1. The van der Waals surface area contributed by atoms with E-state index in [1.54, 1.807) is 17.5 Å². The van der Waals surface area contributed by atoms with Gasteiger partial charge in [0, 0.05) is 35.6 Å². The van der Waals surface area contributed by atoms with Crippen molar-refractivity contribution in [2.75, 3.05) is 13.1 Å². The molecular formula is C19H22N4OS. The molecule has 1 aliphatic rings. The summed E-state index contributed by atoms with van der Waals surface area (Å²) in [4.78, 5) is 12.3. The molecule has 0 unspecified atom stereocenters. The second-order valence-electron chi connectivity index (χ2n) is 6.53. The van der Waals surface area contributed by atoms with Gasteiger partial charge in [-0.2, -0.15) is 5.10 Å². The second-order valence-corrected chi connectivity index (χ2v) is 7.47. The van der Waals surface area contributed by atoms with Gasteiger partial charge in [0.15, 0.2) is 0 Å². The number of carbonyl (C=O) groups excluding carboxylic acids is 1. The fourth-order valence-electron chi connectivity index (χ4n) is 3.44. The molecule has 1 amide bonds. The Morgan fingerprint density at radius 1 is 1.36 bits per heavy atom. The van der Waals surface area contributed by atoms with Crippen molar-refractivity contribution in [1.29, 1.82) is 0 Å². The number of piperidine rings is 1. The number of nitrogens with zero attached hydrogens (tertiary/aromatic N) is 2. The van der Waals surface area contributed by atoms with Gasteiger partial charge in [0.1, 0.15) is 6.54 Å². The lowest BCUT2D eigenvalue weighted by Crippen LogP contribution is -2.32. The number of fused-ring (bicyclic) bond motifs is 1. The molecule has 2 aromatic heterocycles. The van der Waals surface area contributed by atoms with Crippen LogP contribution in [0.2, 0.25) is 0 Å². The Hall–Kier alpha value is -2.18. The SMILES string of the molecule is O=C(Cn1nccc1[C@H]1CCCNC1)NCc1ccc2sccc2c1. The van der Waals surface area contributed by atoms with Gasteiger partial charge >= 0.3 is 0 Å². The first-order valence-electron chi connectivity index (χ1n) is 8.75. The first kappa shape index (κ1) is 16.3. The van der Waals surface area contributed by atoms with Crippen molar-refractivity contribution in [3.8, 4) is 0 Å². The van der Waals surface area contributed by atoms with Crippen molar-refractivity contribution >= 4 is 27.3 Å². The Morgan fingerprint density at radius 3 is 3.20 bits per heavy atom. The summed E-state index contributed by atoms with van der Waals surface area (Å²) in [5, 5.41) is 14.1. The quantitative estimate of drug-likeness (QED) is 0.741. The molecule has 1 aliphatic heterocycles. The van der Waals surface area contributed by atoms with Gasteiger partial charge in [-0.1, -0.05) is 6.07 Å². The van der Waals surface area contributed by atoms with Crippen molar-refractivity contribution in [1.82, 2.24) is 20.4 Å². The van der Waals surface area contributed by atoms with Crippen molar-refractivity contribution in [2.45, 2.75) is 31.8 Å². The minimum atomic E-state index is -0.000802. The molecule has 1 saturated heterocycles. The summed E-state index contributed by atoms with van der Waals surface area (Å²) in [6.45, 7) is 2.87. The molecule has 0 spiro atoms. The molecule has 0 saturated carbocycles. The van der Waals surface area contributed by atoms with E-state index >= 15 is 0 Å². The fraction of sp³-hybridized carbons (Fsp3) is 0.368. The number of rotatable bonds is 5. The van der Waals surface area contributed by atoms with Gasteiger partial charge < -0.3 is 10.6 Å². The summed E-state index contributed by atoms with van der Waals surface area (Å²) < 4.78 is 3.12. The number of hydrogen-bond donors (Lipinski definition) is 2. The fourth-order valence-corrected chi connectivity index (χ4v) is 4.22. The van der Waals surface area contributed by atoms with Crippen molar-refractivity contribution < 1.29 is 4.79 Å². The minimum Gasteiger partial charge on any atom is -0.350 e. The number of benzene rings is 1. The second kappa shape index (κ2) is 7.37. The average molecular weight is 354 g/mol. The number of amides is 1. The zero-order valence-corrected chi connectivity index (χ0v) is 14.9. The molecule has 2 N–H and O–H groups in total. The van der Waals surface area contributed by atoms with Crippen LogP contribution in [-0.4, -0.2) is 28.8 Å². The van der Waals surface area contributed by atoms with E-state index < -0.39 is 0 Å². The number of thiophene rings is 1. The summed E-state index contributed by atoms with van der Waals surface area (Å²) >= 11 is 1.73. The van der Waals surface area contributed by atoms with Gasteiger partial charge in [0.25, 0.3) is 0 Å². The van der Waals surface area contributed by atoms with Gasteiger partial charge in [-0.05, 0) is 60.0 Å². The van der Waals surface area contributed by atoms with Crippen LogP contribution >= 0.6 is 11.3 Å². The molecule has 5 nitrogen and oxygen atoms in total. The normalized spacial score (nSPS) is 17.7. The molecule has 130 valence electrons. The molecule has 0 radical (unpaired) electrons. The van der Waals surface area contributed by atoms with E-state index in [9.17, 15) is 4.79 Å². The maximum absolute atomic E-state index is 12.3. The van der Waals surface area contributed by atoms with E-state index in [0.29, 0.717) is 12.5 Å². The van der Waals surface area contributed by atoms with E-state index in [1.807, 2.05) is 10.7 Å². The maximum Gasteiger partial charge on any atom is 0.242 e. The third-order valence-electron chi connectivity index (χ3n) is 4.76. The van der Waals surface area contributed by atoms with Gasteiger partial charge in [-0.15, -0.1) is 11.3 Å². The molecule has 3 aromatic rings. The average Bonchev–Trinajstić information content (AvgIpc) is 3.29. The number of aromatic nitrogens is 2. The van der Waals surface area contributed by atoms with Crippen molar-refractivity contribution in [3.63, 3.8) is 0 Å². The molecule has 1 aromatic carbocycles. The standard InChI is InChI=1S/C19H22N4OS/c24-19(21-11-14-3-4-18-15(10-14)6-9-25-18)13-23-17(5-8-22-23)16-2-1-7-20-12-16/h3-6,8-10,16,20H,1-2,7,11-13H2,(H,21,24)/t16-/m0/s1. The van der Waals surface area contributed by atoms with E-state index in [2.05, 4.69) is 45.4 Å². The maximum atomic E-state index is 12.3. The lowest BCUT2D eigenvalue weighted by molar-refractivity contribution is -0.122. The molecule has 1 atom stereocenters. The highest BCUT2D eigenvalue weighted by atomic mass is 32.1. The van der Waals surface area contributed by atoms with Crippen LogP contribution in [0, 0.1) is 0 Å². The molecule has 4 rings (SSSR count). The highest BCUT2D eigenvalue weighted by Gasteiger charge is 2.19. The van der Waals surface area contributed by atoms with Gasteiger partial charge in [0.2, 0.25) is 5.91 Å². The van der Waals surface area contributed by atoms with Crippen LogP contribution in [0.5, 0.6) is 0 Å². The van der Waals surface area contributed by atoms with Crippen LogP contribution in [0.25, 0.3) is 10.1 Å². The largest absolute Gasteiger partial charge is 0.350 e. The number of carbonyl (C=O) groups is 1. The van der Waals surface area contributed by atoms with E-state index in [-0.39, 0.29) is 12.5 Å². The van der Waals surface area contributed by atoms with Crippen LogP contribution in [0.1, 0.15) is 30.0 Å². The molecule has 3 heterocycles. The Balaban J connectivity index is 1.36. The smallest absolute Gasteiger partial charge is 0.242 e. The lowest BCUT2D eigenvalue weighted by Gasteiger charge is -2.23. The number of nitrogens with one attached hydrogen (secondary N) is 2. The first-order chi connectivity index (χ1) is 12.3. The van der Waals surface area contributed by atoms with E-state index in [4.69, 9.17) is 0 Å². The third-order valence-corrected chi connectivity index (χ3v) is 5.66. The predicted molar refractivity (Wildman–Crippen MR) is 101 cm³/mol. The Morgan fingerprint density at radius 2 is 2.32 bits per heavy atom. The van der Waals surface area contributed by atoms with Crippen molar-refractivity contribution in [3.05, 3.63) is 53.2 Å². The van der Waals surface area contributed by atoms with Gasteiger partial charge in [0.05, 0.1) is 0 Å². The predicted octanol–water partition coefficient (Wildman–Crippen LogP) is 2.88. The summed E-state index contributed by atoms with van der Waals surface area (Å²) in [5.41, 5.74) is 2.28. The third kappa shape index (κ3) is 3.75. The molecular weight excluding hydrogens is 332 g/mol. The highest BCUT2D eigenvalue weighted by Crippen LogP contribution is 2.23. The minimum absolute atomic E-state index is 0.000802. The molecule has 1 fully saturated rings. The van der Waals surface area contributed by atoms with Crippen LogP contribution in [0.4, 0.5) is 0 Å². The monoisotopic (exact) mass is 354 g/mol. The number of hydrogen-bond acceptors (Lipinski definition) is 4. The van der Waals surface area contributed by atoms with Gasteiger partial charge in [-0.3, -0.25) is 9.48 Å². The zero-order chi connectivity index (χ0) is 17.1. The Labute approximate surface area is 151 Å². The summed E-state index contributed by atoms with van der Waals surface area (Å²) in [6, 6.07) is 10.5. The van der Waals surface area contributed by atoms with Crippen LogP contribution in [0.15, 0.2) is 41.9 Å². The Kier molecular flexibility index (Phi) is 4.81. The first-order valence-corrected chi connectivity index (χ1v) is 9.63. The van der Waals surface area contributed by atoms with Crippen LogP contribution in [0.3, 0.4) is 0 Å². The Bertz CT molecular complexity index is 863. The van der Waals surface area contributed by atoms with E-state index in [1.165, 1.54) is 16.5 Å². The molecule has 6 heteroatoms. The van der Waals surface area contributed by atoms with Gasteiger partial charge in [-0.25, -0.2) is 0 Å². The lowest BCUT2D eigenvalue weighted by atomic mass is 9.96.